The van der Waals surface area contributed by atoms with Crippen molar-refractivity contribution in [3.63, 3.8) is 0 Å². The van der Waals surface area contributed by atoms with Gasteiger partial charge in [-0.25, -0.2) is 13.1 Å². The highest BCUT2D eigenvalue weighted by Gasteiger charge is 2.14. The van der Waals surface area contributed by atoms with E-state index in [1.807, 2.05) is 0 Å². The molecule has 0 unspecified atom stereocenters. The molecule has 0 aliphatic rings. The molecule has 5 nitrogen and oxygen atoms in total. The highest BCUT2D eigenvalue weighted by molar-refractivity contribution is 7.89. The normalized spacial score (nSPS) is 11.6. The van der Waals surface area contributed by atoms with Crippen molar-refractivity contribution in [2.24, 2.45) is 0 Å². The molecule has 0 saturated carbocycles. The predicted octanol–water partition coefficient (Wildman–Crippen LogP) is 1.77. The van der Waals surface area contributed by atoms with Crippen molar-refractivity contribution in [3.8, 4) is 5.75 Å². The zero-order valence-corrected chi connectivity index (χ0v) is 10.6. The minimum atomic E-state index is -3.59. The van der Waals surface area contributed by atoms with Gasteiger partial charge in [0.25, 0.3) is 0 Å². The molecule has 0 saturated heterocycles. The lowest BCUT2D eigenvalue weighted by atomic mass is 10.3. The zero-order chi connectivity index (χ0) is 13.2. The largest absolute Gasteiger partial charge is 0.508 e. The summed E-state index contributed by atoms with van der Waals surface area (Å²) >= 11 is 0. The molecule has 1 heterocycles. The van der Waals surface area contributed by atoms with Crippen LogP contribution in [0.2, 0.25) is 0 Å². The van der Waals surface area contributed by atoms with Crippen LogP contribution in [0.5, 0.6) is 5.75 Å². The first kappa shape index (κ1) is 12.7. The molecule has 1 aromatic carbocycles. The van der Waals surface area contributed by atoms with Crippen molar-refractivity contribution in [2.45, 2.75) is 18.4 Å². The van der Waals surface area contributed by atoms with E-state index < -0.39 is 10.0 Å². The first-order valence-electron chi connectivity index (χ1n) is 5.31. The fourth-order valence-corrected chi connectivity index (χ4v) is 2.45. The molecule has 0 atom stereocenters. The second-order valence-corrected chi connectivity index (χ2v) is 5.60. The van der Waals surface area contributed by atoms with Crippen LogP contribution < -0.4 is 4.72 Å². The molecule has 0 amide bonds. The zero-order valence-electron chi connectivity index (χ0n) is 9.75. The maximum Gasteiger partial charge on any atom is 0.240 e. The Kier molecular flexibility index (Phi) is 3.40. The number of nitrogens with one attached hydrogen (secondary N) is 1. The van der Waals surface area contributed by atoms with Crippen LogP contribution in [0.1, 0.15) is 11.5 Å². The number of phenols is 1. The Labute approximate surface area is 105 Å². The van der Waals surface area contributed by atoms with Gasteiger partial charge in [0.1, 0.15) is 17.3 Å². The number of sulfonamides is 1. The first-order chi connectivity index (χ1) is 8.47. The maximum atomic E-state index is 11.9. The van der Waals surface area contributed by atoms with Crippen LogP contribution in [-0.4, -0.2) is 13.5 Å². The molecule has 2 aromatic rings. The van der Waals surface area contributed by atoms with Crippen molar-refractivity contribution in [1.82, 2.24) is 4.72 Å². The number of hydrogen-bond acceptors (Lipinski definition) is 4. The average Bonchev–Trinajstić information content (AvgIpc) is 2.73. The van der Waals surface area contributed by atoms with Gasteiger partial charge in [-0.15, -0.1) is 0 Å². The molecule has 0 fully saturated rings. The lowest BCUT2D eigenvalue weighted by Gasteiger charge is -2.05. The highest BCUT2D eigenvalue weighted by Crippen LogP contribution is 2.15. The van der Waals surface area contributed by atoms with E-state index in [0.717, 1.165) is 5.76 Å². The second kappa shape index (κ2) is 4.83. The summed E-state index contributed by atoms with van der Waals surface area (Å²) in [6.45, 7) is 1.88. The Morgan fingerprint density at radius 3 is 2.39 bits per heavy atom. The number of hydrogen-bond donors (Lipinski definition) is 2. The van der Waals surface area contributed by atoms with E-state index >= 15 is 0 Å². The minimum Gasteiger partial charge on any atom is -0.508 e. The SMILES string of the molecule is Cc1ccc(CNS(=O)(=O)c2ccc(O)cc2)o1. The smallest absolute Gasteiger partial charge is 0.240 e. The average molecular weight is 267 g/mol. The molecular weight excluding hydrogens is 254 g/mol. The molecule has 2 N–H and O–H groups in total. The van der Waals surface area contributed by atoms with E-state index in [1.54, 1.807) is 19.1 Å². The molecule has 6 heteroatoms. The number of rotatable bonds is 4. The van der Waals surface area contributed by atoms with Gasteiger partial charge >= 0.3 is 0 Å². The summed E-state index contributed by atoms with van der Waals surface area (Å²) in [6, 6.07) is 8.81. The Morgan fingerprint density at radius 2 is 1.83 bits per heavy atom. The van der Waals surface area contributed by atoms with Gasteiger partial charge in [0.05, 0.1) is 11.4 Å². The number of phenolic OH excluding ortho intramolecular Hbond substituents is 1. The van der Waals surface area contributed by atoms with Crippen LogP contribution >= 0.6 is 0 Å². The highest BCUT2D eigenvalue weighted by atomic mass is 32.2. The van der Waals surface area contributed by atoms with E-state index in [9.17, 15) is 8.42 Å². The molecule has 0 aliphatic carbocycles. The van der Waals surface area contributed by atoms with Crippen LogP contribution in [0.15, 0.2) is 45.7 Å². The Morgan fingerprint density at radius 1 is 1.17 bits per heavy atom. The molecule has 96 valence electrons. The second-order valence-electron chi connectivity index (χ2n) is 3.83. The molecular formula is C12H13NO4S. The van der Waals surface area contributed by atoms with E-state index in [0.29, 0.717) is 5.76 Å². The van der Waals surface area contributed by atoms with Gasteiger partial charge in [-0.2, -0.15) is 0 Å². The number of benzene rings is 1. The fraction of sp³-hybridized carbons (Fsp3) is 0.167. The molecule has 1 aromatic heterocycles. The first-order valence-corrected chi connectivity index (χ1v) is 6.80. The molecule has 0 bridgehead atoms. The van der Waals surface area contributed by atoms with Gasteiger partial charge in [0.2, 0.25) is 10.0 Å². The van der Waals surface area contributed by atoms with E-state index in [1.165, 1.54) is 24.3 Å². The van der Waals surface area contributed by atoms with Crippen LogP contribution in [0.25, 0.3) is 0 Å². The summed E-state index contributed by atoms with van der Waals surface area (Å²) in [5.74, 6) is 1.30. The van der Waals surface area contributed by atoms with Gasteiger partial charge < -0.3 is 9.52 Å². The Balaban J connectivity index is 2.10. The van der Waals surface area contributed by atoms with Crippen molar-refractivity contribution in [2.75, 3.05) is 0 Å². The maximum absolute atomic E-state index is 11.9. The third-order valence-electron chi connectivity index (χ3n) is 2.38. The van der Waals surface area contributed by atoms with Gasteiger partial charge in [0.15, 0.2) is 0 Å². The fourth-order valence-electron chi connectivity index (χ4n) is 1.45. The molecule has 0 spiro atoms. The van der Waals surface area contributed by atoms with E-state index in [4.69, 9.17) is 9.52 Å². The quantitative estimate of drug-likeness (QED) is 0.884. The summed E-state index contributed by atoms with van der Waals surface area (Å²) in [4.78, 5) is 0.101. The lowest BCUT2D eigenvalue weighted by molar-refractivity contribution is 0.473. The minimum absolute atomic E-state index is 0.0237. The Bertz CT molecular complexity index is 628. The third kappa shape index (κ3) is 2.91. The molecule has 0 radical (unpaired) electrons. The summed E-state index contributed by atoms with van der Waals surface area (Å²) in [5.41, 5.74) is 0. The summed E-state index contributed by atoms with van der Waals surface area (Å²) in [7, 11) is -3.59. The standard InChI is InChI=1S/C12H13NO4S/c1-9-2-5-11(17-9)8-13-18(15,16)12-6-3-10(14)4-7-12/h2-7,13-14H,8H2,1H3. The predicted molar refractivity (Wildman–Crippen MR) is 65.6 cm³/mol. The van der Waals surface area contributed by atoms with Gasteiger partial charge in [-0.1, -0.05) is 0 Å². The van der Waals surface area contributed by atoms with Crippen LogP contribution in [-0.2, 0) is 16.6 Å². The van der Waals surface area contributed by atoms with E-state index in [-0.39, 0.29) is 17.2 Å². The summed E-state index contributed by atoms with van der Waals surface area (Å²) < 4.78 is 31.5. The molecule has 2 rings (SSSR count). The van der Waals surface area contributed by atoms with Crippen molar-refractivity contribution >= 4 is 10.0 Å². The van der Waals surface area contributed by atoms with Crippen molar-refractivity contribution < 1.29 is 17.9 Å². The summed E-state index contributed by atoms with van der Waals surface area (Å²) in [6.07, 6.45) is 0. The van der Waals surface area contributed by atoms with Crippen molar-refractivity contribution in [1.29, 1.82) is 0 Å². The van der Waals surface area contributed by atoms with Crippen LogP contribution in [0, 0.1) is 6.92 Å². The molecule has 0 aliphatic heterocycles. The molecule has 18 heavy (non-hydrogen) atoms. The van der Waals surface area contributed by atoms with Gasteiger partial charge in [0, 0.05) is 0 Å². The lowest BCUT2D eigenvalue weighted by Crippen LogP contribution is -2.22. The Hall–Kier alpha value is -1.79. The number of aryl methyl sites for hydroxylation is 1. The van der Waals surface area contributed by atoms with E-state index in [2.05, 4.69) is 4.72 Å². The van der Waals surface area contributed by atoms with Crippen molar-refractivity contribution in [3.05, 3.63) is 47.9 Å². The van der Waals surface area contributed by atoms with Crippen LogP contribution in [0.3, 0.4) is 0 Å². The number of furan rings is 1. The monoisotopic (exact) mass is 267 g/mol. The van der Waals surface area contributed by atoms with Crippen LogP contribution in [0.4, 0.5) is 0 Å². The van der Waals surface area contributed by atoms with Gasteiger partial charge in [-0.05, 0) is 43.3 Å². The van der Waals surface area contributed by atoms with Gasteiger partial charge in [-0.3, -0.25) is 0 Å². The topological polar surface area (TPSA) is 79.5 Å². The third-order valence-corrected chi connectivity index (χ3v) is 3.80. The summed E-state index contributed by atoms with van der Waals surface area (Å²) in [5, 5.41) is 9.10. The number of aromatic hydroxyl groups is 1.